The van der Waals surface area contributed by atoms with Gasteiger partial charge in [-0.1, -0.05) is 17.3 Å². The molecule has 0 spiro atoms. The Kier molecular flexibility index (Phi) is 3.39. The summed E-state index contributed by atoms with van der Waals surface area (Å²) >= 11 is 0. The molecule has 2 rings (SSSR count). The summed E-state index contributed by atoms with van der Waals surface area (Å²) in [5, 5.41) is 13.2. The zero-order valence-corrected chi connectivity index (χ0v) is 9.75. The monoisotopic (exact) mass is 234 g/mol. The molecule has 0 saturated carbocycles. The lowest BCUT2D eigenvalue weighted by Gasteiger charge is -2.01. The maximum atomic E-state index is 9.34. The van der Waals surface area contributed by atoms with Crippen molar-refractivity contribution in [2.75, 3.05) is 7.11 Å². The number of nitrogens with zero attached hydrogens (tertiary/aromatic N) is 2. The van der Waals surface area contributed by atoms with Gasteiger partial charge in [0.15, 0.2) is 5.82 Å². The van der Waals surface area contributed by atoms with Crippen molar-refractivity contribution in [2.24, 2.45) is 0 Å². The molecule has 0 bridgehead atoms. The number of rotatable bonds is 4. The van der Waals surface area contributed by atoms with Crippen LogP contribution < -0.4 is 0 Å². The third kappa shape index (κ3) is 2.82. The quantitative estimate of drug-likeness (QED) is 0.877. The van der Waals surface area contributed by atoms with E-state index in [-0.39, 0.29) is 11.9 Å². The molecule has 17 heavy (non-hydrogen) atoms. The molecular formula is C12H14N2O3. The van der Waals surface area contributed by atoms with Gasteiger partial charge in [-0.15, -0.1) is 0 Å². The molecule has 1 N–H and O–H groups in total. The fraction of sp³-hybridized carbons (Fsp3) is 0.333. The fourth-order valence-electron chi connectivity index (χ4n) is 1.45. The Morgan fingerprint density at radius 1 is 1.47 bits per heavy atom. The normalized spacial score (nSPS) is 12.6. The summed E-state index contributed by atoms with van der Waals surface area (Å²) in [7, 11) is 1.59. The van der Waals surface area contributed by atoms with Crippen LogP contribution in [0, 0.1) is 0 Å². The number of phenols is 1. The van der Waals surface area contributed by atoms with Gasteiger partial charge in [0.2, 0.25) is 5.89 Å². The summed E-state index contributed by atoms with van der Waals surface area (Å²) in [6.07, 6.45) is 0.314. The van der Waals surface area contributed by atoms with Gasteiger partial charge >= 0.3 is 0 Å². The van der Waals surface area contributed by atoms with Crippen LogP contribution in [0.1, 0.15) is 30.3 Å². The van der Waals surface area contributed by atoms with Gasteiger partial charge in [0.05, 0.1) is 6.42 Å². The first-order valence-corrected chi connectivity index (χ1v) is 5.32. The first kappa shape index (κ1) is 11.6. The van der Waals surface area contributed by atoms with Crippen LogP contribution in [0.5, 0.6) is 5.75 Å². The van der Waals surface area contributed by atoms with Gasteiger partial charge in [-0.2, -0.15) is 4.98 Å². The van der Waals surface area contributed by atoms with Crippen molar-refractivity contribution in [3.05, 3.63) is 41.5 Å². The van der Waals surface area contributed by atoms with Gasteiger partial charge < -0.3 is 14.4 Å². The van der Waals surface area contributed by atoms with Gasteiger partial charge in [-0.25, -0.2) is 0 Å². The average Bonchev–Trinajstić information content (AvgIpc) is 2.76. The van der Waals surface area contributed by atoms with E-state index >= 15 is 0 Å². The predicted octanol–water partition coefficient (Wildman–Crippen LogP) is 2.07. The number of hydrogen-bond donors (Lipinski definition) is 1. The minimum absolute atomic E-state index is 0.184. The van der Waals surface area contributed by atoms with E-state index in [1.165, 1.54) is 0 Å². The van der Waals surface area contributed by atoms with Gasteiger partial charge in [0.25, 0.3) is 0 Å². The highest BCUT2D eigenvalue weighted by molar-refractivity contribution is 5.28. The number of methoxy groups -OCH3 is 1. The highest BCUT2D eigenvalue weighted by Gasteiger charge is 2.13. The number of hydrogen-bond acceptors (Lipinski definition) is 5. The lowest BCUT2D eigenvalue weighted by molar-refractivity contribution is 0.109. The molecule has 0 aliphatic rings. The zero-order chi connectivity index (χ0) is 12.3. The fourth-order valence-corrected chi connectivity index (χ4v) is 1.45. The number of benzene rings is 1. The minimum Gasteiger partial charge on any atom is -0.508 e. The van der Waals surface area contributed by atoms with Gasteiger partial charge in [-0.05, 0) is 24.6 Å². The van der Waals surface area contributed by atoms with Crippen molar-refractivity contribution in [3.8, 4) is 5.75 Å². The van der Waals surface area contributed by atoms with Crippen molar-refractivity contribution >= 4 is 0 Å². The first-order chi connectivity index (χ1) is 8.19. The molecule has 1 aromatic heterocycles. The van der Waals surface area contributed by atoms with Crippen LogP contribution in [0.4, 0.5) is 0 Å². The molecule has 5 heteroatoms. The summed E-state index contributed by atoms with van der Waals surface area (Å²) in [5.74, 6) is 1.27. The molecule has 1 unspecified atom stereocenters. The van der Waals surface area contributed by atoms with Crippen LogP contribution in [0.3, 0.4) is 0 Å². The molecule has 0 fully saturated rings. The number of ether oxygens (including phenoxy) is 1. The second kappa shape index (κ2) is 4.97. The van der Waals surface area contributed by atoms with Gasteiger partial charge in [-0.3, -0.25) is 0 Å². The molecule has 0 aliphatic carbocycles. The lowest BCUT2D eigenvalue weighted by Crippen LogP contribution is -1.98. The number of phenolic OH excluding ortho intramolecular Hbond substituents is 1. The van der Waals surface area contributed by atoms with E-state index in [9.17, 15) is 5.11 Å². The Balaban J connectivity index is 2.11. The van der Waals surface area contributed by atoms with Gasteiger partial charge in [0.1, 0.15) is 11.9 Å². The van der Waals surface area contributed by atoms with Crippen molar-refractivity contribution in [2.45, 2.75) is 19.4 Å². The summed E-state index contributed by atoms with van der Waals surface area (Å²) < 4.78 is 10.2. The van der Waals surface area contributed by atoms with Crippen molar-refractivity contribution < 1.29 is 14.4 Å². The third-order valence-electron chi connectivity index (χ3n) is 2.47. The van der Waals surface area contributed by atoms with Crippen molar-refractivity contribution in [1.82, 2.24) is 10.1 Å². The smallest absolute Gasteiger partial charge is 0.231 e. The molecule has 0 radical (unpaired) electrons. The Morgan fingerprint density at radius 3 is 3.00 bits per heavy atom. The molecule has 1 atom stereocenters. The second-order valence-electron chi connectivity index (χ2n) is 3.77. The molecule has 0 aliphatic heterocycles. The first-order valence-electron chi connectivity index (χ1n) is 5.32. The van der Waals surface area contributed by atoms with Crippen LogP contribution in [0.15, 0.2) is 28.8 Å². The summed E-state index contributed by atoms with van der Waals surface area (Å²) in [6.45, 7) is 1.85. The highest BCUT2D eigenvalue weighted by Crippen LogP contribution is 2.16. The largest absolute Gasteiger partial charge is 0.508 e. The number of aromatic nitrogens is 2. The van der Waals surface area contributed by atoms with E-state index in [0.717, 1.165) is 5.56 Å². The summed E-state index contributed by atoms with van der Waals surface area (Å²) in [6, 6.07) is 6.96. The van der Waals surface area contributed by atoms with Gasteiger partial charge in [0, 0.05) is 7.11 Å². The van der Waals surface area contributed by atoms with Crippen molar-refractivity contribution in [1.29, 1.82) is 0 Å². The zero-order valence-electron chi connectivity index (χ0n) is 9.75. The average molecular weight is 234 g/mol. The molecular weight excluding hydrogens is 220 g/mol. The molecule has 0 saturated heterocycles. The Morgan fingerprint density at radius 2 is 2.29 bits per heavy atom. The Labute approximate surface area is 99.0 Å². The minimum atomic E-state index is -0.184. The standard InChI is InChI=1S/C12H14N2O3/c1-8(16-2)12-13-11(17-14-12)7-9-4-3-5-10(15)6-9/h3-6,8,15H,7H2,1-2H3. The van der Waals surface area contributed by atoms with Crippen LogP contribution in [-0.4, -0.2) is 22.4 Å². The summed E-state index contributed by atoms with van der Waals surface area (Å²) in [5.41, 5.74) is 0.922. The lowest BCUT2D eigenvalue weighted by atomic mass is 10.1. The Bertz CT molecular complexity index is 496. The molecule has 5 nitrogen and oxygen atoms in total. The van der Waals surface area contributed by atoms with E-state index < -0.39 is 0 Å². The van der Waals surface area contributed by atoms with Crippen LogP contribution in [0.2, 0.25) is 0 Å². The molecule has 0 amide bonds. The highest BCUT2D eigenvalue weighted by atomic mass is 16.5. The van der Waals surface area contributed by atoms with Crippen molar-refractivity contribution in [3.63, 3.8) is 0 Å². The molecule has 90 valence electrons. The predicted molar refractivity (Wildman–Crippen MR) is 60.6 cm³/mol. The maximum absolute atomic E-state index is 9.34. The van der Waals surface area contributed by atoms with Crippen LogP contribution >= 0.6 is 0 Å². The summed E-state index contributed by atoms with van der Waals surface area (Å²) in [4.78, 5) is 4.22. The van der Waals surface area contributed by atoms with E-state index in [1.54, 1.807) is 25.3 Å². The topological polar surface area (TPSA) is 68.4 Å². The second-order valence-corrected chi connectivity index (χ2v) is 3.77. The molecule has 1 heterocycles. The SMILES string of the molecule is COC(C)c1noc(Cc2cccc(O)c2)n1. The molecule has 2 aromatic rings. The molecule has 1 aromatic carbocycles. The van der Waals surface area contributed by atoms with E-state index in [4.69, 9.17) is 9.26 Å². The third-order valence-corrected chi connectivity index (χ3v) is 2.47. The van der Waals surface area contributed by atoms with Crippen LogP contribution in [0.25, 0.3) is 0 Å². The van der Waals surface area contributed by atoms with E-state index in [2.05, 4.69) is 10.1 Å². The maximum Gasteiger partial charge on any atom is 0.231 e. The van der Waals surface area contributed by atoms with E-state index in [1.807, 2.05) is 13.0 Å². The van der Waals surface area contributed by atoms with Crippen LogP contribution in [-0.2, 0) is 11.2 Å². The van der Waals surface area contributed by atoms with E-state index in [0.29, 0.717) is 18.1 Å². The number of aromatic hydroxyl groups is 1. The Hall–Kier alpha value is -1.88.